The predicted octanol–water partition coefficient (Wildman–Crippen LogP) is 0.939. The predicted molar refractivity (Wildman–Crippen MR) is 63.3 cm³/mol. The van der Waals surface area contributed by atoms with E-state index in [1.807, 2.05) is 0 Å². The first kappa shape index (κ1) is 12.8. The molecule has 0 aromatic rings. The molecule has 1 aliphatic carbocycles. The molecule has 0 bridgehead atoms. The molecular weight excluding hydrogens is 234 g/mol. The third-order valence-electron chi connectivity index (χ3n) is 4.00. The molecule has 1 aliphatic heterocycles. The maximum atomic E-state index is 12.0. The molecule has 2 fully saturated rings. The van der Waals surface area contributed by atoms with Crippen LogP contribution >= 0.6 is 0 Å². The first-order valence-electron chi connectivity index (χ1n) is 6.24. The highest BCUT2D eigenvalue weighted by Gasteiger charge is 2.55. The Morgan fingerprint density at radius 2 is 2.28 bits per heavy atom. The number of fused-ring (bicyclic) bond motifs is 1. The molecule has 2 aliphatic rings. The normalized spacial score (nSPS) is 30.6. The molecule has 2 unspecified atom stereocenters. The Bertz CT molecular complexity index is 404. The van der Waals surface area contributed by atoms with Gasteiger partial charge in [0.1, 0.15) is 0 Å². The highest BCUT2D eigenvalue weighted by Crippen LogP contribution is 2.47. The smallest absolute Gasteiger partial charge is 0.330 e. The van der Waals surface area contributed by atoms with Crippen LogP contribution in [-0.4, -0.2) is 24.4 Å². The van der Waals surface area contributed by atoms with Crippen molar-refractivity contribution >= 4 is 17.8 Å². The quantitative estimate of drug-likeness (QED) is 0.458. The molecule has 0 aromatic carbocycles. The second-order valence-electron chi connectivity index (χ2n) is 4.89. The number of amides is 2. The monoisotopic (exact) mass is 251 g/mol. The fraction of sp³-hybridized carbons (Fsp3) is 0.615. The number of esters is 1. The Kier molecular flexibility index (Phi) is 3.50. The van der Waals surface area contributed by atoms with E-state index in [4.69, 9.17) is 4.74 Å². The highest BCUT2D eigenvalue weighted by atomic mass is 16.5. The first-order valence-corrected chi connectivity index (χ1v) is 6.24. The van der Waals surface area contributed by atoms with Crippen LogP contribution < -0.4 is 5.32 Å². The molecule has 1 saturated carbocycles. The van der Waals surface area contributed by atoms with Crippen LogP contribution in [0.4, 0.5) is 0 Å². The van der Waals surface area contributed by atoms with Crippen LogP contribution in [0.1, 0.15) is 32.1 Å². The van der Waals surface area contributed by atoms with E-state index in [2.05, 4.69) is 11.9 Å². The number of carbonyl (C=O) groups is 3. The number of hydrogen-bond acceptors (Lipinski definition) is 4. The number of hydrogen-bond donors (Lipinski definition) is 1. The van der Waals surface area contributed by atoms with Gasteiger partial charge in [-0.25, -0.2) is 4.79 Å². The Labute approximate surface area is 106 Å². The summed E-state index contributed by atoms with van der Waals surface area (Å²) in [6.07, 6.45) is 4.85. The van der Waals surface area contributed by atoms with Gasteiger partial charge in [0.25, 0.3) is 0 Å². The maximum Gasteiger partial charge on any atom is 0.330 e. The standard InChI is InChI=1S/C13H17NO4/c1-2-10(15)18-8-7-13-6-4-3-5-9(13)11(16)14-12(13)17/h2,9H,1,3-8H2,(H,14,16,17). The first-order chi connectivity index (χ1) is 8.60. The van der Waals surface area contributed by atoms with Crippen molar-refractivity contribution in [2.75, 3.05) is 6.61 Å². The SMILES string of the molecule is C=CC(=O)OCCC12CCCCC1C(=O)NC2=O. The lowest BCUT2D eigenvalue weighted by atomic mass is 9.66. The summed E-state index contributed by atoms with van der Waals surface area (Å²) in [7, 11) is 0. The molecule has 2 atom stereocenters. The molecule has 5 nitrogen and oxygen atoms in total. The minimum absolute atomic E-state index is 0.155. The summed E-state index contributed by atoms with van der Waals surface area (Å²) in [5.41, 5.74) is -0.656. The summed E-state index contributed by atoms with van der Waals surface area (Å²) in [4.78, 5) is 34.7. The van der Waals surface area contributed by atoms with Crippen molar-refractivity contribution in [1.82, 2.24) is 5.32 Å². The fourth-order valence-electron chi connectivity index (χ4n) is 3.02. The van der Waals surface area contributed by atoms with E-state index in [0.29, 0.717) is 12.8 Å². The molecule has 5 heteroatoms. The van der Waals surface area contributed by atoms with Crippen molar-refractivity contribution in [3.63, 3.8) is 0 Å². The third-order valence-corrected chi connectivity index (χ3v) is 4.00. The van der Waals surface area contributed by atoms with Crippen LogP contribution in [0.5, 0.6) is 0 Å². The van der Waals surface area contributed by atoms with E-state index < -0.39 is 11.4 Å². The Morgan fingerprint density at radius 1 is 1.50 bits per heavy atom. The summed E-state index contributed by atoms with van der Waals surface area (Å²) >= 11 is 0. The zero-order valence-electron chi connectivity index (χ0n) is 10.2. The van der Waals surface area contributed by atoms with Crippen LogP contribution in [0.2, 0.25) is 0 Å². The minimum Gasteiger partial charge on any atom is -0.463 e. The van der Waals surface area contributed by atoms with Gasteiger partial charge in [-0.1, -0.05) is 19.4 Å². The van der Waals surface area contributed by atoms with Crippen LogP contribution in [-0.2, 0) is 19.1 Å². The summed E-state index contributed by atoms with van der Waals surface area (Å²) in [5.74, 6) is -1.12. The molecule has 1 N–H and O–H groups in total. The second kappa shape index (κ2) is 4.92. The van der Waals surface area contributed by atoms with Crippen molar-refractivity contribution in [1.29, 1.82) is 0 Å². The van der Waals surface area contributed by atoms with Crippen molar-refractivity contribution in [3.8, 4) is 0 Å². The van der Waals surface area contributed by atoms with Gasteiger partial charge in [-0.2, -0.15) is 0 Å². The largest absolute Gasteiger partial charge is 0.463 e. The van der Waals surface area contributed by atoms with Crippen molar-refractivity contribution in [2.45, 2.75) is 32.1 Å². The lowest BCUT2D eigenvalue weighted by Gasteiger charge is -2.34. The molecule has 98 valence electrons. The van der Waals surface area contributed by atoms with Crippen LogP contribution in [0, 0.1) is 11.3 Å². The number of nitrogens with one attached hydrogen (secondary N) is 1. The van der Waals surface area contributed by atoms with E-state index in [0.717, 1.165) is 25.3 Å². The summed E-state index contributed by atoms with van der Waals surface area (Å²) in [6, 6.07) is 0. The lowest BCUT2D eigenvalue weighted by Crippen LogP contribution is -2.38. The van der Waals surface area contributed by atoms with Crippen molar-refractivity contribution in [2.24, 2.45) is 11.3 Å². The van der Waals surface area contributed by atoms with E-state index in [-0.39, 0.29) is 24.3 Å². The minimum atomic E-state index is -0.656. The van der Waals surface area contributed by atoms with Gasteiger partial charge in [0.15, 0.2) is 0 Å². The van der Waals surface area contributed by atoms with Gasteiger partial charge in [-0.15, -0.1) is 0 Å². The van der Waals surface area contributed by atoms with Crippen molar-refractivity contribution in [3.05, 3.63) is 12.7 Å². The Balaban J connectivity index is 2.05. The third kappa shape index (κ3) is 2.05. The van der Waals surface area contributed by atoms with Gasteiger partial charge in [-0.05, 0) is 19.3 Å². The molecule has 0 aromatic heterocycles. The van der Waals surface area contributed by atoms with Gasteiger partial charge in [0.2, 0.25) is 11.8 Å². The number of imide groups is 1. The molecule has 2 amide bonds. The molecule has 1 saturated heterocycles. The zero-order valence-corrected chi connectivity index (χ0v) is 10.2. The number of carbonyl (C=O) groups excluding carboxylic acids is 3. The molecule has 1 heterocycles. The number of ether oxygens (including phenoxy) is 1. The van der Waals surface area contributed by atoms with Crippen LogP contribution in [0.15, 0.2) is 12.7 Å². The van der Waals surface area contributed by atoms with Crippen molar-refractivity contribution < 1.29 is 19.1 Å². The highest BCUT2D eigenvalue weighted by molar-refractivity contribution is 6.07. The van der Waals surface area contributed by atoms with Gasteiger partial charge in [0, 0.05) is 6.08 Å². The molecule has 0 radical (unpaired) electrons. The maximum absolute atomic E-state index is 12.0. The summed E-state index contributed by atoms with van der Waals surface area (Å²) < 4.78 is 4.93. The van der Waals surface area contributed by atoms with Gasteiger partial charge in [-0.3, -0.25) is 14.9 Å². The van der Waals surface area contributed by atoms with Gasteiger partial charge >= 0.3 is 5.97 Å². The molecular formula is C13H17NO4. The topological polar surface area (TPSA) is 72.5 Å². The molecule has 18 heavy (non-hydrogen) atoms. The summed E-state index contributed by atoms with van der Waals surface area (Å²) in [5, 5.41) is 2.41. The number of rotatable bonds is 4. The molecule has 2 rings (SSSR count). The van der Waals surface area contributed by atoms with E-state index in [1.165, 1.54) is 0 Å². The van der Waals surface area contributed by atoms with Gasteiger partial charge < -0.3 is 4.74 Å². The van der Waals surface area contributed by atoms with E-state index >= 15 is 0 Å². The zero-order chi connectivity index (χ0) is 13.2. The van der Waals surface area contributed by atoms with E-state index in [1.54, 1.807) is 0 Å². The van der Waals surface area contributed by atoms with Crippen LogP contribution in [0.3, 0.4) is 0 Å². The molecule has 0 spiro atoms. The average molecular weight is 251 g/mol. The Morgan fingerprint density at radius 3 is 3.00 bits per heavy atom. The Hall–Kier alpha value is -1.65. The lowest BCUT2D eigenvalue weighted by molar-refractivity contribution is -0.141. The van der Waals surface area contributed by atoms with Crippen LogP contribution in [0.25, 0.3) is 0 Å². The van der Waals surface area contributed by atoms with E-state index in [9.17, 15) is 14.4 Å². The van der Waals surface area contributed by atoms with Gasteiger partial charge in [0.05, 0.1) is 17.9 Å². The summed E-state index contributed by atoms with van der Waals surface area (Å²) in [6.45, 7) is 3.46. The fourth-order valence-corrected chi connectivity index (χ4v) is 3.02. The average Bonchev–Trinajstić information content (AvgIpc) is 2.62. The second-order valence-corrected chi connectivity index (χ2v) is 4.89.